The molecule has 25 heavy (non-hydrogen) atoms. The van der Waals surface area contributed by atoms with E-state index in [1.807, 2.05) is 17.0 Å². The fourth-order valence-electron chi connectivity index (χ4n) is 2.87. The van der Waals surface area contributed by atoms with Crippen LogP contribution in [-0.2, 0) is 24.2 Å². The zero-order chi connectivity index (χ0) is 17.1. The first-order valence-corrected chi connectivity index (χ1v) is 8.22. The summed E-state index contributed by atoms with van der Waals surface area (Å²) in [7, 11) is 0. The van der Waals surface area contributed by atoms with Gasteiger partial charge in [0, 0.05) is 49.3 Å². The van der Waals surface area contributed by atoms with Crippen LogP contribution in [-0.4, -0.2) is 37.6 Å². The average molecular weight is 339 g/mol. The molecule has 0 radical (unpaired) electrons. The minimum Gasteiger partial charge on any atom is -0.364 e. The molecule has 4 rings (SSSR count). The van der Waals surface area contributed by atoms with Crippen molar-refractivity contribution in [2.24, 2.45) is 0 Å². The van der Waals surface area contributed by atoms with Crippen molar-refractivity contribution in [3.8, 4) is 11.4 Å². The molecule has 3 aromatic heterocycles. The van der Waals surface area contributed by atoms with Crippen LogP contribution in [0.1, 0.15) is 30.0 Å². The van der Waals surface area contributed by atoms with Crippen LogP contribution in [0.15, 0.2) is 39.8 Å². The molecule has 0 spiro atoms. The maximum atomic E-state index is 12.3. The number of nitrogens with zero attached hydrogens (tertiary/aromatic N) is 5. The molecule has 3 aromatic rings. The molecule has 8 heteroatoms. The highest BCUT2D eigenvalue weighted by molar-refractivity contribution is 5.76. The van der Waals surface area contributed by atoms with Gasteiger partial charge >= 0.3 is 0 Å². The second-order valence-electron chi connectivity index (χ2n) is 5.96. The number of fused-ring (bicyclic) bond motifs is 1. The Labute approximate surface area is 143 Å². The molecule has 0 saturated heterocycles. The normalized spacial score (nSPS) is 13.7. The number of carbonyl (C=O) groups is 1. The Morgan fingerprint density at radius 3 is 3.16 bits per heavy atom. The van der Waals surface area contributed by atoms with Crippen molar-refractivity contribution in [2.75, 3.05) is 6.54 Å². The molecule has 1 amide bonds. The van der Waals surface area contributed by atoms with Crippen LogP contribution in [0.3, 0.4) is 0 Å². The summed E-state index contributed by atoms with van der Waals surface area (Å²) in [5.41, 5.74) is 2.77. The van der Waals surface area contributed by atoms with E-state index in [4.69, 9.17) is 9.05 Å². The first-order valence-electron chi connectivity index (χ1n) is 8.22. The van der Waals surface area contributed by atoms with E-state index in [0.717, 1.165) is 23.2 Å². The molecule has 0 saturated carbocycles. The zero-order valence-corrected chi connectivity index (χ0v) is 13.6. The number of aryl methyl sites for hydroxylation is 1. The first kappa shape index (κ1) is 15.5. The summed E-state index contributed by atoms with van der Waals surface area (Å²) in [6.07, 6.45) is 7.44. The van der Waals surface area contributed by atoms with E-state index in [1.54, 1.807) is 18.7 Å². The molecule has 0 fully saturated rings. The van der Waals surface area contributed by atoms with Gasteiger partial charge < -0.3 is 13.9 Å². The lowest BCUT2D eigenvalue weighted by Crippen LogP contribution is -2.35. The van der Waals surface area contributed by atoms with Crippen LogP contribution < -0.4 is 0 Å². The van der Waals surface area contributed by atoms with Crippen LogP contribution in [0.2, 0.25) is 0 Å². The molecule has 1 aliphatic rings. The second kappa shape index (κ2) is 6.84. The monoisotopic (exact) mass is 339 g/mol. The Balaban J connectivity index is 1.28. The van der Waals surface area contributed by atoms with Crippen LogP contribution in [0.5, 0.6) is 0 Å². The summed E-state index contributed by atoms with van der Waals surface area (Å²) in [5, 5.41) is 7.89. The number of hydrogen-bond acceptors (Lipinski definition) is 7. The van der Waals surface area contributed by atoms with Crippen LogP contribution in [0.25, 0.3) is 11.4 Å². The fourth-order valence-corrected chi connectivity index (χ4v) is 2.87. The van der Waals surface area contributed by atoms with Crippen molar-refractivity contribution >= 4 is 5.91 Å². The van der Waals surface area contributed by atoms with Gasteiger partial charge in [-0.25, -0.2) is 0 Å². The van der Waals surface area contributed by atoms with Crippen molar-refractivity contribution in [3.63, 3.8) is 0 Å². The van der Waals surface area contributed by atoms with Gasteiger partial charge in [-0.15, -0.1) is 0 Å². The summed E-state index contributed by atoms with van der Waals surface area (Å²) < 4.78 is 10.2. The molecule has 0 aliphatic carbocycles. The summed E-state index contributed by atoms with van der Waals surface area (Å²) in [5.74, 6) is 1.18. The average Bonchev–Trinajstić information content (AvgIpc) is 3.31. The summed E-state index contributed by atoms with van der Waals surface area (Å²) in [6, 6.07) is 3.70. The Bertz CT molecular complexity index is 858. The minimum absolute atomic E-state index is 0.124. The van der Waals surface area contributed by atoms with Gasteiger partial charge in [0.15, 0.2) is 0 Å². The predicted molar refractivity (Wildman–Crippen MR) is 86.1 cm³/mol. The van der Waals surface area contributed by atoms with Crippen molar-refractivity contribution in [1.29, 1.82) is 0 Å². The lowest BCUT2D eigenvalue weighted by molar-refractivity contribution is -0.132. The van der Waals surface area contributed by atoms with E-state index in [-0.39, 0.29) is 5.91 Å². The summed E-state index contributed by atoms with van der Waals surface area (Å²) in [6.45, 7) is 1.26. The van der Waals surface area contributed by atoms with E-state index in [1.165, 1.54) is 0 Å². The lowest BCUT2D eigenvalue weighted by Gasteiger charge is -2.25. The smallest absolute Gasteiger partial charge is 0.226 e. The largest absolute Gasteiger partial charge is 0.364 e. The highest BCUT2D eigenvalue weighted by atomic mass is 16.5. The van der Waals surface area contributed by atoms with E-state index in [9.17, 15) is 4.79 Å². The predicted octanol–water partition coefficient (Wildman–Crippen LogP) is 2.03. The van der Waals surface area contributed by atoms with Crippen molar-refractivity contribution in [2.45, 2.75) is 32.2 Å². The Morgan fingerprint density at radius 1 is 1.32 bits per heavy atom. The number of pyridine rings is 1. The number of carbonyl (C=O) groups excluding carboxylic acids is 1. The molecule has 0 atom stereocenters. The van der Waals surface area contributed by atoms with Gasteiger partial charge in [-0.3, -0.25) is 9.78 Å². The number of amides is 1. The highest BCUT2D eigenvalue weighted by Gasteiger charge is 2.22. The van der Waals surface area contributed by atoms with Gasteiger partial charge in [0.1, 0.15) is 6.26 Å². The molecular formula is C17H17N5O3. The second-order valence-corrected chi connectivity index (χ2v) is 5.96. The van der Waals surface area contributed by atoms with E-state index >= 15 is 0 Å². The van der Waals surface area contributed by atoms with Crippen LogP contribution >= 0.6 is 0 Å². The Hall–Kier alpha value is -3.03. The molecule has 0 N–H and O–H groups in total. The molecule has 8 nitrogen and oxygen atoms in total. The molecule has 128 valence electrons. The standard InChI is InChI=1S/C17H17N5O3/c23-16(22-8-6-14-13(10-22)11-24-20-14)5-1-4-15-19-17(21-25-15)12-3-2-7-18-9-12/h2-3,7,9,11H,1,4-6,8,10H2. The molecular weight excluding hydrogens is 322 g/mol. The third-order valence-corrected chi connectivity index (χ3v) is 4.23. The van der Waals surface area contributed by atoms with Gasteiger partial charge in [-0.2, -0.15) is 4.98 Å². The number of hydrogen-bond donors (Lipinski definition) is 0. The van der Waals surface area contributed by atoms with Gasteiger partial charge in [-0.1, -0.05) is 10.3 Å². The minimum atomic E-state index is 0.124. The zero-order valence-electron chi connectivity index (χ0n) is 13.6. The molecule has 4 heterocycles. The quantitative estimate of drug-likeness (QED) is 0.701. The number of rotatable bonds is 5. The fraction of sp³-hybridized carbons (Fsp3) is 0.353. The van der Waals surface area contributed by atoms with Crippen molar-refractivity contribution in [3.05, 3.63) is 47.9 Å². The topological polar surface area (TPSA) is 98.1 Å². The highest BCUT2D eigenvalue weighted by Crippen LogP contribution is 2.19. The Morgan fingerprint density at radius 2 is 2.28 bits per heavy atom. The van der Waals surface area contributed by atoms with Gasteiger partial charge in [0.05, 0.1) is 12.2 Å². The van der Waals surface area contributed by atoms with Crippen molar-refractivity contribution < 1.29 is 13.8 Å². The van der Waals surface area contributed by atoms with Crippen LogP contribution in [0.4, 0.5) is 0 Å². The van der Waals surface area contributed by atoms with Gasteiger partial charge in [0.25, 0.3) is 0 Å². The molecule has 0 aromatic carbocycles. The molecule has 1 aliphatic heterocycles. The first-order chi connectivity index (χ1) is 12.3. The van der Waals surface area contributed by atoms with Gasteiger partial charge in [0.2, 0.25) is 17.6 Å². The summed E-state index contributed by atoms with van der Waals surface area (Å²) >= 11 is 0. The Kier molecular flexibility index (Phi) is 4.24. The summed E-state index contributed by atoms with van der Waals surface area (Å²) in [4.78, 5) is 22.6. The SMILES string of the molecule is O=C(CCCc1nc(-c2cccnc2)no1)N1CCc2nocc2C1. The van der Waals surface area contributed by atoms with E-state index in [2.05, 4.69) is 20.3 Å². The van der Waals surface area contributed by atoms with Crippen LogP contribution in [0, 0.1) is 0 Å². The van der Waals surface area contributed by atoms with E-state index < -0.39 is 0 Å². The molecule has 0 bridgehead atoms. The lowest BCUT2D eigenvalue weighted by atomic mass is 10.1. The van der Waals surface area contributed by atoms with Crippen molar-refractivity contribution in [1.82, 2.24) is 25.2 Å². The molecule has 0 unspecified atom stereocenters. The maximum Gasteiger partial charge on any atom is 0.226 e. The number of aromatic nitrogens is 4. The third kappa shape index (κ3) is 3.42. The maximum absolute atomic E-state index is 12.3. The van der Waals surface area contributed by atoms with Gasteiger partial charge in [-0.05, 0) is 18.6 Å². The van der Waals surface area contributed by atoms with E-state index in [0.29, 0.717) is 44.1 Å². The third-order valence-electron chi connectivity index (χ3n) is 4.23.